The van der Waals surface area contributed by atoms with E-state index in [1.165, 1.54) is 21.8 Å². The molecule has 0 unspecified atom stereocenters. The van der Waals surface area contributed by atoms with Crippen LogP contribution in [0.25, 0.3) is 27.5 Å². The van der Waals surface area contributed by atoms with Gasteiger partial charge in [-0.25, -0.2) is 0 Å². The Kier molecular flexibility index (Phi) is 4.13. The van der Waals surface area contributed by atoms with Crippen LogP contribution in [-0.2, 0) is 9.31 Å². The maximum Gasteiger partial charge on any atom is 0.494 e. The minimum Gasteiger partial charge on any atom is -0.407 e. The third kappa shape index (κ3) is 2.90. The Labute approximate surface area is 172 Å². The molecule has 29 heavy (non-hydrogen) atoms. The van der Waals surface area contributed by atoms with E-state index in [2.05, 4.69) is 105 Å². The van der Waals surface area contributed by atoms with Gasteiger partial charge >= 0.3 is 7.12 Å². The second-order valence-corrected chi connectivity index (χ2v) is 9.12. The molecule has 4 aromatic rings. The van der Waals surface area contributed by atoms with Crippen molar-refractivity contribution in [3.05, 3.63) is 72.8 Å². The average Bonchev–Trinajstić information content (AvgIpc) is 3.05. The average molecular weight is 383 g/mol. The number of aromatic nitrogens is 1. The van der Waals surface area contributed by atoms with Crippen molar-refractivity contribution in [3.63, 3.8) is 0 Å². The van der Waals surface area contributed by atoms with Gasteiger partial charge in [-0.3, -0.25) is 0 Å². The van der Waals surface area contributed by atoms with Crippen molar-refractivity contribution in [3.8, 4) is 5.69 Å². The maximum absolute atomic E-state index is 6.32. The van der Waals surface area contributed by atoms with E-state index < -0.39 is 0 Å². The SMILES string of the molecule is CC1(C)COB(c2ccc(-n3c4ccccc4c4ccccc43)cc2)OC1(C)C. The molecule has 0 saturated carbocycles. The third-order valence-corrected chi connectivity index (χ3v) is 6.63. The molecule has 5 rings (SSSR count). The van der Waals surface area contributed by atoms with Gasteiger partial charge in [0.2, 0.25) is 0 Å². The zero-order chi connectivity index (χ0) is 20.2. The molecule has 1 aromatic heterocycles. The van der Waals surface area contributed by atoms with Crippen molar-refractivity contribution in [2.75, 3.05) is 6.61 Å². The Balaban J connectivity index is 1.55. The quantitative estimate of drug-likeness (QED) is 0.437. The molecule has 4 heteroatoms. The fraction of sp³-hybridized carbons (Fsp3) is 0.280. The summed E-state index contributed by atoms with van der Waals surface area (Å²) in [5.74, 6) is 0. The first-order valence-electron chi connectivity index (χ1n) is 10.3. The summed E-state index contributed by atoms with van der Waals surface area (Å²) in [5, 5.41) is 2.55. The normalized spacial score (nSPS) is 18.4. The molecule has 1 fully saturated rings. The zero-order valence-corrected chi connectivity index (χ0v) is 17.5. The molecular formula is C25H26BNO2. The predicted molar refractivity (Wildman–Crippen MR) is 121 cm³/mol. The smallest absolute Gasteiger partial charge is 0.407 e. The lowest BCUT2D eigenvalue weighted by atomic mass is 9.69. The largest absolute Gasteiger partial charge is 0.494 e. The van der Waals surface area contributed by atoms with Crippen molar-refractivity contribution < 1.29 is 9.31 Å². The van der Waals surface area contributed by atoms with Crippen LogP contribution in [-0.4, -0.2) is 23.9 Å². The Hall–Kier alpha value is -2.56. The van der Waals surface area contributed by atoms with Crippen molar-refractivity contribution in [2.45, 2.75) is 33.3 Å². The van der Waals surface area contributed by atoms with Crippen molar-refractivity contribution in [2.24, 2.45) is 5.41 Å². The number of nitrogens with zero attached hydrogens (tertiary/aromatic N) is 1. The van der Waals surface area contributed by atoms with Gasteiger partial charge in [0, 0.05) is 28.5 Å². The van der Waals surface area contributed by atoms with Gasteiger partial charge in [0.15, 0.2) is 0 Å². The second-order valence-electron chi connectivity index (χ2n) is 9.12. The van der Waals surface area contributed by atoms with E-state index in [0.29, 0.717) is 6.61 Å². The fourth-order valence-electron chi connectivity index (χ4n) is 4.06. The highest BCUT2D eigenvalue weighted by molar-refractivity contribution is 6.61. The molecule has 0 atom stereocenters. The van der Waals surface area contributed by atoms with Gasteiger partial charge in [-0.1, -0.05) is 62.4 Å². The standard InChI is InChI=1S/C25H26BNO2/c1-24(2)17-28-26(29-25(24,3)4)18-13-15-19(16-14-18)27-22-11-7-5-9-20(22)21-10-6-8-12-23(21)27/h5-16H,17H2,1-4H3. The van der Waals surface area contributed by atoms with Crippen LogP contribution >= 0.6 is 0 Å². The number of fused-ring (bicyclic) bond motifs is 3. The number of benzene rings is 3. The number of hydrogen-bond acceptors (Lipinski definition) is 2. The molecule has 0 N–H and O–H groups in total. The van der Waals surface area contributed by atoms with Crippen molar-refractivity contribution in [1.82, 2.24) is 4.57 Å². The van der Waals surface area contributed by atoms with Crippen molar-refractivity contribution in [1.29, 1.82) is 0 Å². The molecular weight excluding hydrogens is 357 g/mol. The molecule has 0 bridgehead atoms. The predicted octanol–water partition coefficient (Wildman–Crippen LogP) is 5.33. The summed E-state index contributed by atoms with van der Waals surface area (Å²) in [6, 6.07) is 25.7. The Morgan fingerprint density at radius 2 is 1.31 bits per heavy atom. The van der Waals surface area contributed by atoms with Crippen LogP contribution in [0, 0.1) is 5.41 Å². The Morgan fingerprint density at radius 1 is 0.759 bits per heavy atom. The van der Waals surface area contributed by atoms with E-state index in [4.69, 9.17) is 9.31 Å². The van der Waals surface area contributed by atoms with Crippen LogP contribution in [0.1, 0.15) is 27.7 Å². The molecule has 2 heterocycles. The van der Waals surface area contributed by atoms with Crippen LogP contribution in [0.15, 0.2) is 72.8 Å². The van der Waals surface area contributed by atoms with E-state index in [1.807, 2.05) is 0 Å². The highest BCUT2D eigenvalue weighted by Gasteiger charge is 2.46. The zero-order valence-electron chi connectivity index (χ0n) is 17.5. The molecule has 0 aliphatic carbocycles. The monoisotopic (exact) mass is 383 g/mol. The molecule has 3 nitrogen and oxygen atoms in total. The van der Waals surface area contributed by atoms with E-state index in [-0.39, 0.29) is 18.1 Å². The summed E-state index contributed by atoms with van der Waals surface area (Å²) in [6.45, 7) is 9.35. The Morgan fingerprint density at radius 3 is 1.86 bits per heavy atom. The van der Waals surface area contributed by atoms with Gasteiger partial charge in [-0.2, -0.15) is 0 Å². The highest BCUT2D eigenvalue weighted by Crippen LogP contribution is 2.38. The number of hydrogen-bond donors (Lipinski definition) is 0. The molecule has 0 radical (unpaired) electrons. The molecule has 3 aromatic carbocycles. The third-order valence-electron chi connectivity index (χ3n) is 6.63. The molecule has 0 spiro atoms. The summed E-state index contributed by atoms with van der Waals surface area (Å²) in [7, 11) is -0.328. The minimum atomic E-state index is -0.328. The summed E-state index contributed by atoms with van der Waals surface area (Å²) in [4.78, 5) is 0. The number of rotatable bonds is 2. The summed E-state index contributed by atoms with van der Waals surface area (Å²) in [6.07, 6.45) is 0. The van der Waals surface area contributed by atoms with Crippen LogP contribution in [0.4, 0.5) is 0 Å². The first-order chi connectivity index (χ1) is 13.9. The highest BCUT2D eigenvalue weighted by atomic mass is 16.6. The van der Waals surface area contributed by atoms with Crippen molar-refractivity contribution >= 4 is 34.4 Å². The molecule has 1 aliphatic heterocycles. The van der Waals surface area contributed by atoms with Gasteiger partial charge in [-0.05, 0) is 43.6 Å². The molecule has 1 saturated heterocycles. The molecule has 146 valence electrons. The van der Waals surface area contributed by atoms with Crippen LogP contribution < -0.4 is 5.46 Å². The van der Waals surface area contributed by atoms with Crippen LogP contribution in [0.3, 0.4) is 0 Å². The molecule has 1 aliphatic rings. The van der Waals surface area contributed by atoms with Gasteiger partial charge in [0.1, 0.15) is 0 Å². The van der Waals surface area contributed by atoms with Gasteiger partial charge in [0.05, 0.1) is 16.6 Å². The summed E-state index contributed by atoms with van der Waals surface area (Å²) < 4.78 is 14.7. The lowest BCUT2D eigenvalue weighted by Gasteiger charge is -2.47. The minimum absolute atomic E-state index is 0.0214. The molecule has 0 amide bonds. The van der Waals surface area contributed by atoms with Crippen LogP contribution in [0.5, 0.6) is 0 Å². The summed E-state index contributed by atoms with van der Waals surface area (Å²) >= 11 is 0. The lowest BCUT2D eigenvalue weighted by molar-refractivity contribution is -0.0937. The van der Waals surface area contributed by atoms with Gasteiger partial charge < -0.3 is 13.9 Å². The topological polar surface area (TPSA) is 23.4 Å². The van der Waals surface area contributed by atoms with E-state index >= 15 is 0 Å². The first-order valence-corrected chi connectivity index (χ1v) is 10.3. The Bertz CT molecular complexity index is 1140. The fourth-order valence-corrected chi connectivity index (χ4v) is 4.06. The van der Waals surface area contributed by atoms with E-state index in [0.717, 1.165) is 11.2 Å². The van der Waals surface area contributed by atoms with Crippen LogP contribution in [0.2, 0.25) is 0 Å². The van der Waals surface area contributed by atoms with E-state index in [1.54, 1.807) is 0 Å². The maximum atomic E-state index is 6.32. The van der Waals surface area contributed by atoms with E-state index in [9.17, 15) is 0 Å². The second kappa shape index (κ2) is 6.48. The van der Waals surface area contributed by atoms with Gasteiger partial charge in [0.25, 0.3) is 0 Å². The van der Waals surface area contributed by atoms with Gasteiger partial charge in [-0.15, -0.1) is 0 Å². The summed E-state index contributed by atoms with van der Waals surface area (Å²) in [5.41, 5.74) is 4.36. The number of para-hydroxylation sites is 2. The lowest BCUT2D eigenvalue weighted by Crippen LogP contribution is -2.58. The first kappa shape index (κ1) is 18.5.